The van der Waals surface area contributed by atoms with Crippen LogP contribution in [0.15, 0.2) is 104 Å². The van der Waals surface area contributed by atoms with Crippen molar-refractivity contribution >= 4 is 101 Å². The second kappa shape index (κ2) is 42.0. The number of terminal acetylenes is 4. The quantitative estimate of drug-likeness (QED) is 0.0357. The summed E-state index contributed by atoms with van der Waals surface area (Å²) in [4.78, 5) is 94.8. The Balaban J connectivity index is 0.000000170. The van der Waals surface area contributed by atoms with E-state index in [2.05, 4.69) is 198 Å². The van der Waals surface area contributed by atoms with Gasteiger partial charge in [0.1, 0.15) is 22.8 Å². The minimum Gasteiger partial charge on any atom is -0.393 e. The molecule has 4 fully saturated rings. The Bertz CT molecular complexity index is 6420. The molecular weight excluding hydrogens is 1860 g/mol. The molecular formula is C113H146ClN15O12S2. The molecule has 30 heteroatoms. The van der Waals surface area contributed by atoms with Gasteiger partial charge in [-0.25, -0.2) is 36.8 Å². The number of pyridine rings is 3. The maximum atomic E-state index is 13.2. The number of carbonyl (C=O) groups is 4. The fourth-order valence-corrected chi connectivity index (χ4v) is 26.4. The zero-order valence-corrected chi connectivity index (χ0v) is 89.8. The van der Waals surface area contributed by atoms with Gasteiger partial charge in [-0.2, -0.15) is 0 Å². The molecule has 4 aliphatic heterocycles. The molecule has 8 aromatic rings. The van der Waals surface area contributed by atoms with E-state index >= 15 is 0 Å². The molecule has 8 aliphatic rings. The van der Waals surface area contributed by atoms with Gasteiger partial charge in [0.25, 0.3) is 23.6 Å². The summed E-state index contributed by atoms with van der Waals surface area (Å²) in [5, 5.41) is 32.0. The summed E-state index contributed by atoms with van der Waals surface area (Å²) in [6, 6.07) is 17.7. The van der Waals surface area contributed by atoms with E-state index in [0.717, 1.165) is 152 Å². The normalized spacial score (nSPS) is 23.3. The predicted octanol–water partition coefficient (Wildman–Crippen LogP) is 22.1. The fraction of sp³-hybridized carbons (Fsp3) is 0.531. The highest BCUT2D eigenvalue weighted by Gasteiger charge is 2.55. The summed E-state index contributed by atoms with van der Waals surface area (Å²) >= 11 is 0. The lowest BCUT2D eigenvalue weighted by Gasteiger charge is -2.47. The Morgan fingerprint density at radius 1 is 0.371 bits per heavy atom. The van der Waals surface area contributed by atoms with Crippen molar-refractivity contribution < 1.29 is 55.7 Å². The first-order valence-corrected chi connectivity index (χ1v) is 52.5. The first kappa shape index (κ1) is 110. The van der Waals surface area contributed by atoms with Crippen LogP contribution < -0.4 is 21.3 Å². The van der Waals surface area contributed by atoms with Crippen LogP contribution in [0.4, 0.5) is 22.7 Å². The van der Waals surface area contributed by atoms with Crippen LogP contribution in [0.1, 0.15) is 415 Å². The van der Waals surface area contributed by atoms with E-state index in [9.17, 15) is 46.2 Å². The average molecular weight is 2010 g/mol. The minimum absolute atomic E-state index is 0. The molecule has 4 amide bonds. The zero-order valence-electron chi connectivity index (χ0n) is 87.3. The van der Waals surface area contributed by atoms with Gasteiger partial charge in [0.15, 0.2) is 43.0 Å². The average Bonchev–Trinajstić information content (AvgIpc) is 1.59. The third kappa shape index (κ3) is 25.6. The number of anilines is 4. The number of aromatic amines is 4. The molecule has 16 rings (SSSR count). The molecule has 764 valence electrons. The van der Waals surface area contributed by atoms with Crippen LogP contribution in [0, 0.1) is 71.0 Å². The molecule has 0 radical (unpaired) electrons. The Morgan fingerprint density at radius 2 is 0.636 bits per heavy atom. The number of allylic oxidation sites excluding steroid dienone is 8. The van der Waals surface area contributed by atoms with Crippen LogP contribution in [0.25, 0.3) is 22.3 Å². The van der Waals surface area contributed by atoms with Gasteiger partial charge in [-0.05, 0) is 329 Å². The first-order chi connectivity index (χ1) is 66.2. The van der Waals surface area contributed by atoms with Gasteiger partial charge in [0.2, 0.25) is 0 Å². The Hall–Kier alpha value is -11.4. The Kier molecular flexibility index (Phi) is 32.4. The molecule has 143 heavy (non-hydrogen) atoms. The number of carbonyl (C=O) groups excluding carboxylic acids is 4. The number of halogens is 1. The van der Waals surface area contributed by atoms with E-state index in [1.165, 1.54) is 35.9 Å². The number of aliphatic hydroxyl groups excluding tert-OH is 2. The third-order valence-electron chi connectivity index (χ3n) is 29.9. The molecule has 4 saturated heterocycles. The van der Waals surface area contributed by atoms with Gasteiger partial charge < -0.3 is 60.9 Å². The zero-order chi connectivity index (χ0) is 104. The molecule has 4 aliphatic carbocycles. The predicted molar refractivity (Wildman–Crippen MR) is 570 cm³/mol. The van der Waals surface area contributed by atoms with Gasteiger partial charge in [-0.15, -0.1) is 38.1 Å². The van der Waals surface area contributed by atoms with Crippen molar-refractivity contribution in [2.24, 2.45) is 21.7 Å². The first-order valence-electron chi connectivity index (χ1n) is 49.5. The lowest BCUT2D eigenvalue weighted by atomic mass is 9.76. The maximum Gasteiger partial charge on any atom is 0.291 e. The molecule has 27 nitrogen and oxygen atoms in total. The SMILES string of the molecule is C#Cc1cnc(C(=O)Nc2ccc(C3CC(C)(C)OC(C)(C)C3)nc2C2=CCC(C)(C)CC2)[nH]1.C#Cc1cnc(C(=O)Nc2ccc(C3CC(C)(C)S(=O)(=O)C(C)(C)C3)cc2C2=CCC(C)(C)CC2)[nH]1.C#Cc1cnc(C(=O)Nc2ccc(C3CC(C)(C)S(=O)(=O)C(C)(C)C3)nc2C2=CCC(C)(C)CC2)[nH]1.C#Cc1cnc(C(=O)Nc2ccc(C3C[C@](C)(CO)O[C@](C)(CO)C3)nc2C2=CCC(C)(C)CC2)[nH]1.Cl. The van der Waals surface area contributed by atoms with Crippen molar-refractivity contribution in [2.75, 3.05) is 34.5 Å². The maximum absolute atomic E-state index is 13.2. The molecule has 1 aromatic carbocycles. The van der Waals surface area contributed by atoms with Gasteiger partial charge in [0.05, 0.1) is 114 Å². The van der Waals surface area contributed by atoms with Gasteiger partial charge >= 0.3 is 0 Å². The smallest absolute Gasteiger partial charge is 0.291 e. The Morgan fingerprint density at radius 3 is 0.909 bits per heavy atom. The van der Waals surface area contributed by atoms with E-state index in [1.807, 2.05) is 118 Å². The van der Waals surface area contributed by atoms with E-state index in [1.54, 1.807) is 0 Å². The monoisotopic (exact) mass is 2000 g/mol. The second-order valence-electron chi connectivity index (χ2n) is 47.5. The van der Waals surface area contributed by atoms with Crippen molar-refractivity contribution in [3.05, 3.63) is 195 Å². The van der Waals surface area contributed by atoms with Crippen LogP contribution in [-0.2, 0) is 29.1 Å². The summed E-state index contributed by atoms with van der Waals surface area (Å²) in [7, 11) is -6.57. The minimum atomic E-state index is -3.30. The number of rotatable bonds is 18. The number of aromatic nitrogens is 11. The van der Waals surface area contributed by atoms with Crippen LogP contribution >= 0.6 is 12.4 Å². The van der Waals surface area contributed by atoms with Gasteiger partial charge in [-0.1, -0.05) is 109 Å². The molecule has 0 bridgehead atoms. The van der Waals surface area contributed by atoms with Crippen LogP contribution in [0.2, 0.25) is 0 Å². The van der Waals surface area contributed by atoms with Gasteiger partial charge in [0, 0.05) is 46.1 Å². The number of ether oxygens (including phenoxy) is 2. The number of benzene rings is 1. The molecule has 11 heterocycles. The van der Waals surface area contributed by atoms with Crippen LogP contribution in [0.3, 0.4) is 0 Å². The molecule has 0 saturated carbocycles. The number of H-pyrrole nitrogens is 4. The number of aliphatic hydroxyl groups is 2. The highest BCUT2D eigenvalue weighted by atomic mass is 35.5. The highest BCUT2D eigenvalue weighted by Crippen LogP contribution is 2.54. The largest absolute Gasteiger partial charge is 0.393 e. The number of sulfone groups is 2. The van der Waals surface area contributed by atoms with Crippen LogP contribution in [-0.4, -0.2) is 160 Å². The topological polar surface area (TPSA) is 397 Å². The lowest BCUT2D eigenvalue weighted by Crippen LogP contribution is -2.51. The number of nitrogens with zero attached hydrogens (tertiary/aromatic N) is 7. The molecule has 7 aromatic heterocycles. The molecule has 0 spiro atoms. The lowest BCUT2D eigenvalue weighted by molar-refractivity contribution is -0.208. The standard InChI is InChI=1S/C29H37N3O3S.C28H36N4O4.C28H36N4O3S.C28H36N4O2.ClH/c1-8-22-18-30-25(31-22)26(33)32-24-10-9-20(15-23(24)19-11-13-27(2,3)14-12-19)21-16-28(4,5)36(34,35)29(6,7)17-21;1-6-20-15-29-24(30-20)25(35)32-22-8-7-21(31-23(22)18-9-11-26(2,3)12-10-18)19-13-27(4,16-33)36-28(5,14-19)17-34;1-8-20-17-29-24(30-20)25(33)32-22-10-9-21(31-23(22)18-11-13-26(2,3)14-12-18)19-15-27(4,5)36(34,35)28(6,7)16-19;1-8-20-17-29-24(30-20)25(33)32-22-10-9-21(19-15-27(4,5)34-28(6,7)16-19)31-23(22)18-11-13-26(2,3)14-12-18;/h1,9-11,15,18,21H,12-14,16-17H2,2-7H3,(H,30,31)(H,32,33);1,7-9,15,19,33-34H,10-14,16-17H2,2-5H3,(H,29,30)(H,32,35);1,9-11,17,19H,12-16H2,2-7H3,(H,29,30)(H,32,33);1,9-11,17,19H,12-16H2,2-7H3,(H,29,30)(H,32,33);1H/t;19?,27-,28+;;;. The molecule has 1 unspecified atom stereocenters. The van der Waals surface area contributed by atoms with Crippen molar-refractivity contribution in [2.45, 2.75) is 346 Å². The number of hydrogen-bond donors (Lipinski definition) is 10. The van der Waals surface area contributed by atoms with E-state index in [-0.39, 0.29) is 117 Å². The second-order valence-corrected chi connectivity index (χ2v) is 53.9. The summed E-state index contributed by atoms with van der Waals surface area (Å²) < 4.78 is 61.7. The fourth-order valence-electron chi connectivity index (χ4n) is 21.7. The van der Waals surface area contributed by atoms with Crippen molar-refractivity contribution in [1.82, 2.24) is 54.8 Å². The Labute approximate surface area is 852 Å². The number of imidazole rings is 4. The van der Waals surface area contributed by atoms with Crippen molar-refractivity contribution in [3.63, 3.8) is 0 Å². The van der Waals surface area contributed by atoms with Gasteiger partial charge in [-0.3, -0.25) is 34.1 Å². The number of nitrogens with one attached hydrogen (secondary N) is 8. The number of hydrogen-bond acceptors (Lipinski definition) is 19. The summed E-state index contributed by atoms with van der Waals surface area (Å²) in [6.07, 6.45) is 53.1. The van der Waals surface area contributed by atoms with E-state index < -0.39 is 61.7 Å². The summed E-state index contributed by atoms with van der Waals surface area (Å²) in [5.74, 6) is 9.30. The van der Waals surface area contributed by atoms with E-state index in [0.29, 0.717) is 78.4 Å². The summed E-state index contributed by atoms with van der Waals surface area (Å²) in [6.45, 7) is 44.7. The summed E-state index contributed by atoms with van der Waals surface area (Å²) in [5.41, 5.74) is 15.2. The van der Waals surface area contributed by atoms with Crippen molar-refractivity contribution in [1.29, 1.82) is 0 Å². The van der Waals surface area contributed by atoms with Crippen LogP contribution in [0.5, 0.6) is 0 Å². The van der Waals surface area contributed by atoms with E-state index in [4.69, 9.17) is 50.1 Å². The van der Waals surface area contributed by atoms with Crippen molar-refractivity contribution in [3.8, 4) is 49.4 Å². The number of amides is 4. The molecule has 10 N–H and O–H groups in total. The third-order valence-corrected chi connectivity index (χ3v) is 36.3. The molecule has 3 atom stereocenters. The highest BCUT2D eigenvalue weighted by molar-refractivity contribution is 7.94.